The number of rotatable bonds is 8. The summed E-state index contributed by atoms with van der Waals surface area (Å²) in [6.07, 6.45) is 11.2. The van der Waals surface area contributed by atoms with Gasteiger partial charge in [0.25, 0.3) is 0 Å². The maximum Gasteiger partial charge on any atom is 0.0100 e. The summed E-state index contributed by atoms with van der Waals surface area (Å²) in [5, 5.41) is 3.92. The Hall–Kier alpha value is -0.0400. The lowest BCUT2D eigenvalue weighted by molar-refractivity contribution is 0.149. The average Bonchev–Trinajstić information content (AvgIpc) is 2.41. The Kier molecular flexibility index (Phi) is 8.31. The van der Waals surface area contributed by atoms with Crippen LogP contribution in [0.5, 0.6) is 0 Å². The van der Waals surface area contributed by atoms with Crippen molar-refractivity contribution in [2.45, 2.75) is 99.0 Å². The molecule has 1 N–H and O–H groups in total. The highest BCUT2D eigenvalue weighted by Crippen LogP contribution is 2.37. The summed E-state index contributed by atoms with van der Waals surface area (Å²) in [5.41, 5.74) is 0.464. The van der Waals surface area contributed by atoms with Gasteiger partial charge in [0, 0.05) is 6.04 Å². The van der Waals surface area contributed by atoms with Crippen LogP contribution in [0.1, 0.15) is 92.9 Å². The molecule has 1 saturated carbocycles. The van der Waals surface area contributed by atoms with Crippen LogP contribution in [0.25, 0.3) is 0 Å². The van der Waals surface area contributed by atoms with E-state index in [1.807, 2.05) is 0 Å². The first kappa shape index (κ1) is 19.0. The molecule has 126 valence electrons. The molecule has 0 amide bonds. The first-order chi connectivity index (χ1) is 9.87. The molecule has 0 aliphatic heterocycles. The van der Waals surface area contributed by atoms with E-state index in [2.05, 4.69) is 46.9 Å². The van der Waals surface area contributed by atoms with Crippen LogP contribution in [0.3, 0.4) is 0 Å². The highest BCUT2D eigenvalue weighted by Gasteiger charge is 2.31. The van der Waals surface area contributed by atoms with E-state index in [9.17, 15) is 0 Å². The van der Waals surface area contributed by atoms with Gasteiger partial charge in [-0.25, -0.2) is 0 Å². The molecule has 0 radical (unpaired) electrons. The maximum atomic E-state index is 3.92. The van der Waals surface area contributed by atoms with Crippen molar-refractivity contribution in [3.63, 3.8) is 0 Å². The lowest BCUT2D eigenvalue weighted by Gasteiger charge is -2.39. The van der Waals surface area contributed by atoms with E-state index < -0.39 is 0 Å². The summed E-state index contributed by atoms with van der Waals surface area (Å²) >= 11 is 0. The van der Waals surface area contributed by atoms with Crippen LogP contribution in [0.4, 0.5) is 0 Å². The molecule has 0 saturated heterocycles. The summed E-state index contributed by atoms with van der Waals surface area (Å²) in [6.45, 7) is 15.5. The highest BCUT2D eigenvalue weighted by atomic mass is 14.9. The molecule has 0 aromatic rings. The first-order valence-electron chi connectivity index (χ1n) is 9.60. The molecule has 0 aromatic carbocycles. The zero-order valence-corrected chi connectivity index (χ0v) is 15.7. The monoisotopic (exact) mass is 295 g/mol. The molecule has 21 heavy (non-hydrogen) atoms. The van der Waals surface area contributed by atoms with E-state index in [1.54, 1.807) is 0 Å². The Morgan fingerprint density at radius 2 is 1.76 bits per heavy atom. The number of hydrogen-bond acceptors (Lipinski definition) is 1. The smallest absolute Gasteiger partial charge is 0.0100 e. The van der Waals surface area contributed by atoms with Crippen LogP contribution >= 0.6 is 0 Å². The van der Waals surface area contributed by atoms with Gasteiger partial charge in [-0.3, -0.25) is 0 Å². The minimum atomic E-state index is 0.464. The fourth-order valence-electron chi connectivity index (χ4n) is 4.57. The van der Waals surface area contributed by atoms with Crippen molar-refractivity contribution in [2.75, 3.05) is 6.54 Å². The summed E-state index contributed by atoms with van der Waals surface area (Å²) in [4.78, 5) is 0. The molecule has 4 unspecified atom stereocenters. The number of nitrogens with one attached hydrogen (secondary N) is 1. The van der Waals surface area contributed by atoms with Gasteiger partial charge in [-0.05, 0) is 55.4 Å². The summed E-state index contributed by atoms with van der Waals surface area (Å²) in [7, 11) is 0. The predicted molar refractivity (Wildman–Crippen MR) is 95.7 cm³/mol. The molecule has 1 heteroatoms. The lowest BCUT2D eigenvalue weighted by Crippen LogP contribution is -2.42. The molecular weight excluding hydrogens is 254 g/mol. The van der Waals surface area contributed by atoms with E-state index in [0.717, 1.165) is 23.8 Å². The van der Waals surface area contributed by atoms with Gasteiger partial charge in [-0.15, -0.1) is 0 Å². The Morgan fingerprint density at radius 3 is 2.33 bits per heavy atom. The molecule has 1 fully saturated rings. The highest BCUT2D eigenvalue weighted by molar-refractivity contribution is 4.86. The molecular formula is C20H41N. The topological polar surface area (TPSA) is 12.0 Å². The van der Waals surface area contributed by atoms with Gasteiger partial charge in [0.15, 0.2) is 0 Å². The number of hydrogen-bond donors (Lipinski definition) is 1. The Labute approximate surface area is 134 Å². The molecule has 0 spiro atoms. The Bertz CT molecular complexity index is 266. The second-order valence-corrected chi connectivity index (χ2v) is 8.78. The SMILES string of the molecule is CCCNC(CC(C)CC(C)(C)C)C1CCCCC1CC. The summed E-state index contributed by atoms with van der Waals surface area (Å²) in [6, 6.07) is 0.757. The van der Waals surface area contributed by atoms with E-state index in [0.29, 0.717) is 5.41 Å². The minimum Gasteiger partial charge on any atom is -0.314 e. The fourth-order valence-corrected chi connectivity index (χ4v) is 4.57. The van der Waals surface area contributed by atoms with Gasteiger partial charge in [0.1, 0.15) is 0 Å². The third kappa shape index (κ3) is 7.17. The van der Waals surface area contributed by atoms with Crippen LogP contribution in [0, 0.1) is 23.2 Å². The lowest BCUT2D eigenvalue weighted by atomic mass is 9.71. The second kappa shape index (κ2) is 9.18. The minimum absolute atomic E-state index is 0.464. The largest absolute Gasteiger partial charge is 0.314 e. The van der Waals surface area contributed by atoms with E-state index in [4.69, 9.17) is 0 Å². The molecule has 1 aliphatic carbocycles. The molecule has 0 heterocycles. The molecule has 4 atom stereocenters. The van der Waals surface area contributed by atoms with Gasteiger partial charge >= 0.3 is 0 Å². The standard InChI is InChI=1S/C20H41N/c1-7-13-21-19(14-16(3)15-20(4,5)6)18-12-10-9-11-17(18)8-2/h16-19,21H,7-15H2,1-6H3. The molecule has 1 rings (SSSR count). The molecule has 1 aliphatic rings. The maximum absolute atomic E-state index is 3.92. The van der Waals surface area contributed by atoms with Crippen molar-refractivity contribution in [3.05, 3.63) is 0 Å². The first-order valence-corrected chi connectivity index (χ1v) is 9.60. The summed E-state index contributed by atoms with van der Waals surface area (Å²) in [5.74, 6) is 2.73. The van der Waals surface area contributed by atoms with Crippen LogP contribution in [0.2, 0.25) is 0 Å². The van der Waals surface area contributed by atoms with Gasteiger partial charge in [-0.2, -0.15) is 0 Å². The molecule has 0 bridgehead atoms. The normalized spacial score (nSPS) is 26.6. The summed E-state index contributed by atoms with van der Waals surface area (Å²) < 4.78 is 0. The van der Waals surface area contributed by atoms with Gasteiger partial charge < -0.3 is 5.32 Å². The molecule has 1 nitrogen and oxygen atoms in total. The second-order valence-electron chi connectivity index (χ2n) is 8.78. The zero-order chi connectivity index (χ0) is 15.9. The van der Waals surface area contributed by atoms with E-state index >= 15 is 0 Å². The predicted octanol–water partition coefficient (Wildman–Crippen LogP) is 6.03. The van der Waals surface area contributed by atoms with E-state index in [1.165, 1.54) is 57.9 Å². The zero-order valence-electron chi connectivity index (χ0n) is 15.7. The van der Waals surface area contributed by atoms with Crippen LogP contribution in [0.15, 0.2) is 0 Å². The third-order valence-electron chi connectivity index (χ3n) is 5.28. The van der Waals surface area contributed by atoms with Crippen molar-refractivity contribution >= 4 is 0 Å². The van der Waals surface area contributed by atoms with Gasteiger partial charge in [0.2, 0.25) is 0 Å². The van der Waals surface area contributed by atoms with Gasteiger partial charge in [0.05, 0.1) is 0 Å². The molecule has 0 aromatic heterocycles. The Balaban J connectivity index is 2.64. The van der Waals surface area contributed by atoms with Gasteiger partial charge in [-0.1, -0.05) is 67.2 Å². The fraction of sp³-hybridized carbons (Fsp3) is 1.00. The van der Waals surface area contributed by atoms with Crippen molar-refractivity contribution < 1.29 is 0 Å². The van der Waals surface area contributed by atoms with Crippen LogP contribution < -0.4 is 5.32 Å². The van der Waals surface area contributed by atoms with Crippen molar-refractivity contribution in [2.24, 2.45) is 23.2 Å². The average molecular weight is 296 g/mol. The van der Waals surface area contributed by atoms with Crippen molar-refractivity contribution in [1.29, 1.82) is 0 Å². The van der Waals surface area contributed by atoms with Crippen molar-refractivity contribution in [1.82, 2.24) is 5.32 Å². The van der Waals surface area contributed by atoms with E-state index in [-0.39, 0.29) is 0 Å². The van der Waals surface area contributed by atoms with Crippen LogP contribution in [-0.2, 0) is 0 Å². The Morgan fingerprint density at radius 1 is 1.10 bits per heavy atom. The quantitative estimate of drug-likeness (QED) is 0.576. The van der Waals surface area contributed by atoms with Crippen LogP contribution in [-0.4, -0.2) is 12.6 Å². The van der Waals surface area contributed by atoms with Crippen molar-refractivity contribution in [3.8, 4) is 0 Å². The third-order valence-corrected chi connectivity index (χ3v) is 5.28.